The van der Waals surface area contributed by atoms with E-state index in [1.807, 2.05) is 24.0 Å². The molecule has 0 amide bonds. The van der Waals surface area contributed by atoms with Gasteiger partial charge in [0.15, 0.2) is 0 Å². The second-order valence-corrected chi connectivity index (χ2v) is 5.84. The van der Waals surface area contributed by atoms with Crippen molar-refractivity contribution in [1.82, 2.24) is 10.3 Å². The second-order valence-electron chi connectivity index (χ2n) is 3.81. The number of hydrogen-bond donors (Lipinski definition) is 1. The van der Waals surface area contributed by atoms with Gasteiger partial charge in [-0.05, 0) is 54.4 Å². The van der Waals surface area contributed by atoms with Crippen molar-refractivity contribution in [2.45, 2.75) is 37.8 Å². The third-order valence-corrected chi connectivity index (χ3v) is 3.69. The molecule has 1 aromatic heterocycles. The van der Waals surface area contributed by atoms with Crippen LogP contribution in [0.4, 0.5) is 0 Å². The van der Waals surface area contributed by atoms with Gasteiger partial charge in [-0.25, -0.2) is 4.98 Å². The Morgan fingerprint density at radius 2 is 2.31 bits per heavy atom. The van der Waals surface area contributed by atoms with Crippen LogP contribution in [0.25, 0.3) is 0 Å². The predicted octanol–water partition coefficient (Wildman–Crippen LogP) is 3.71. The lowest BCUT2D eigenvalue weighted by Gasteiger charge is -2.12. The van der Waals surface area contributed by atoms with Crippen LogP contribution in [0.15, 0.2) is 27.8 Å². The molecule has 0 saturated heterocycles. The molecule has 1 aromatic rings. The summed E-state index contributed by atoms with van der Waals surface area (Å²) in [6.07, 6.45) is 4.23. The lowest BCUT2D eigenvalue weighted by molar-refractivity contribution is 0.536. The number of pyridine rings is 1. The maximum atomic E-state index is 4.33. The molecule has 0 radical (unpaired) electrons. The smallest absolute Gasteiger partial charge is 0.0960 e. The number of nitrogens with zero attached hydrogens (tertiary/aromatic N) is 1. The van der Waals surface area contributed by atoms with Crippen LogP contribution in [-0.2, 0) is 0 Å². The summed E-state index contributed by atoms with van der Waals surface area (Å²) in [4.78, 5) is 4.33. The van der Waals surface area contributed by atoms with Crippen LogP contribution in [0.3, 0.4) is 0 Å². The Hall–Kier alpha value is -0.0600. The van der Waals surface area contributed by atoms with Crippen molar-refractivity contribution in [3.05, 3.63) is 22.8 Å². The largest absolute Gasteiger partial charge is 0.314 e. The van der Waals surface area contributed by atoms with Crippen LogP contribution in [0.5, 0.6) is 0 Å². The minimum atomic E-state index is 0.600. The lowest BCUT2D eigenvalue weighted by Crippen LogP contribution is -2.27. The summed E-state index contributed by atoms with van der Waals surface area (Å²) >= 11 is 5.20. The zero-order valence-corrected chi connectivity index (χ0v) is 12.3. The minimum absolute atomic E-state index is 0.600. The van der Waals surface area contributed by atoms with Gasteiger partial charge in [-0.3, -0.25) is 0 Å². The topological polar surface area (TPSA) is 24.9 Å². The van der Waals surface area contributed by atoms with Crippen LogP contribution in [-0.4, -0.2) is 23.3 Å². The van der Waals surface area contributed by atoms with Gasteiger partial charge < -0.3 is 5.32 Å². The molecule has 0 bridgehead atoms. The highest BCUT2D eigenvalue weighted by Gasteiger charge is 2.01. The number of nitrogens with one attached hydrogen (secondary N) is 1. The maximum Gasteiger partial charge on any atom is 0.0960 e. The van der Waals surface area contributed by atoms with Crippen molar-refractivity contribution in [3.8, 4) is 0 Å². The zero-order valence-electron chi connectivity index (χ0n) is 9.87. The summed E-state index contributed by atoms with van der Waals surface area (Å²) in [7, 11) is 0. The first kappa shape index (κ1) is 14.0. The number of halogens is 1. The van der Waals surface area contributed by atoms with Gasteiger partial charge in [0.1, 0.15) is 0 Å². The monoisotopic (exact) mass is 302 g/mol. The van der Waals surface area contributed by atoms with Crippen LogP contribution < -0.4 is 5.32 Å². The molecule has 1 N–H and O–H groups in total. The molecule has 0 aliphatic heterocycles. The van der Waals surface area contributed by atoms with Gasteiger partial charge in [-0.15, -0.1) is 11.8 Å². The first-order chi connectivity index (χ1) is 7.72. The van der Waals surface area contributed by atoms with Gasteiger partial charge >= 0.3 is 0 Å². The zero-order chi connectivity index (χ0) is 11.8. The Balaban J connectivity index is 2.17. The van der Waals surface area contributed by atoms with Crippen LogP contribution in [0.2, 0.25) is 0 Å². The van der Waals surface area contributed by atoms with Gasteiger partial charge in [-0.1, -0.05) is 6.92 Å². The summed E-state index contributed by atoms with van der Waals surface area (Å²) in [6, 6.07) is 4.69. The van der Waals surface area contributed by atoms with Crippen molar-refractivity contribution >= 4 is 27.7 Å². The summed E-state index contributed by atoms with van der Waals surface area (Å²) in [5.74, 6) is 1.12. The SMILES string of the molecule is CCCNC(C)CCSc1ccc(Br)cn1. The summed E-state index contributed by atoms with van der Waals surface area (Å²) in [5.41, 5.74) is 0. The first-order valence-corrected chi connectivity index (χ1v) is 7.48. The fourth-order valence-electron chi connectivity index (χ4n) is 1.28. The Morgan fingerprint density at radius 3 is 2.94 bits per heavy atom. The summed E-state index contributed by atoms with van der Waals surface area (Å²) in [5, 5.41) is 4.59. The van der Waals surface area contributed by atoms with Crippen molar-refractivity contribution < 1.29 is 0 Å². The molecule has 1 heterocycles. The molecule has 2 nitrogen and oxygen atoms in total. The van der Waals surface area contributed by atoms with Crippen LogP contribution in [0.1, 0.15) is 26.7 Å². The fourth-order valence-corrected chi connectivity index (χ4v) is 2.49. The molecule has 90 valence electrons. The molecule has 4 heteroatoms. The van der Waals surface area contributed by atoms with Gasteiger partial charge in [0.25, 0.3) is 0 Å². The molecule has 0 aliphatic carbocycles. The number of hydrogen-bond acceptors (Lipinski definition) is 3. The van der Waals surface area contributed by atoms with E-state index in [1.54, 1.807) is 0 Å². The first-order valence-electron chi connectivity index (χ1n) is 5.70. The Labute approximate surface area is 111 Å². The maximum absolute atomic E-state index is 4.33. The minimum Gasteiger partial charge on any atom is -0.314 e. The average Bonchev–Trinajstić information content (AvgIpc) is 2.29. The highest BCUT2D eigenvalue weighted by atomic mass is 79.9. The Morgan fingerprint density at radius 1 is 1.50 bits per heavy atom. The third kappa shape index (κ3) is 5.87. The van der Waals surface area contributed by atoms with E-state index in [-0.39, 0.29) is 0 Å². The van der Waals surface area contributed by atoms with E-state index in [1.165, 1.54) is 12.8 Å². The predicted molar refractivity (Wildman–Crippen MR) is 75.0 cm³/mol. The third-order valence-electron chi connectivity index (χ3n) is 2.24. The number of thioether (sulfide) groups is 1. The van der Waals surface area contributed by atoms with Crippen molar-refractivity contribution in [3.63, 3.8) is 0 Å². The lowest BCUT2D eigenvalue weighted by atomic mass is 10.2. The molecule has 0 aliphatic rings. The second kappa shape index (κ2) is 8.09. The standard InChI is InChI=1S/C12H19BrN2S/c1-3-7-14-10(2)6-8-16-12-5-4-11(13)9-15-12/h4-5,9-10,14H,3,6-8H2,1-2H3. The highest BCUT2D eigenvalue weighted by molar-refractivity contribution is 9.10. The van der Waals surface area contributed by atoms with E-state index in [4.69, 9.17) is 0 Å². The molecular formula is C12H19BrN2S. The van der Waals surface area contributed by atoms with Gasteiger partial charge in [0, 0.05) is 22.5 Å². The van der Waals surface area contributed by atoms with E-state index < -0.39 is 0 Å². The molecule has 0 spiro atoms. The van der Waals surface area contributed by atoms with E-state index in [9.17, 15) is 0 Å². The van der Waals surface area contributed by atoms with Crippen molar-refractivity contribution in [2.24, 2.45) is 0 Å². The van der Waals surface area contributed by atoms with Crippen LogP contribution >= 0.6 is 27.7 Å². The average molecular weight is 303 g/mol. The molecule has 16 heavy (non-hydrogen) atoms. The molecule has 1 rings (SSSR count). The van der Waals surface area contributed by atoms with Crippen molar-refractivity contribution in [1.29, 1.82) is 0 Å². The van der Waals surface area contributed by atoms with Gasteiger partial charge in [-0.2, -0.15) is 0 Å². The highest BCUT2D eigenvalue weighted by Crippen LogP contribution is 2.18. The Kier molecular flexibility index (Phi) is 7.08. The molecule has 0 saturated carbocycles. The quantitative estimate of drug-likeness (QED) is 0.777. The van der Waals surface area contributed by atoms with Gasteiger partial charge in [0.05, 0.1) is 5.03 Å². The van der Waals surface area contributed by atoms with E-state index >= 15 is 0 Å². The van der Waals surface area contributed by atoms with Crippen molar-refractivity contribution in [2.75, 3.05) is 12.3 Å². The molecule has 0 fully saturated rings. The molecular weight excluding hydrogens is 284 g/mol. The van der Waals surface area contributed by atoms with E-state index in [2.05, 4.69) is 46.1 Å². The normalized spacial score (nSPS) is 12.7. The van der Waals surface area contributed by atoms with Gasteiger partial charge in [0.2, 0.25) is 0 Å². The summed E-state index contributed by atoms with van der Waals surface area (Å²) < 4.78 is 1.04. The van der Waals surface area contributed by atoms with Crippen LogP contribution in [0, 0.1) is 0 Å². The number of aromatic nitrogens is 1. The number of rotatable bonds is 7. The Bertz CT molecular complexity index is 290. The fraction of sp³-hybridized carbons (Fsp3) is 0.583. The van der Waals surface area contributed by atoms with E-state index in [0.29, 0.717) is 6.04 Å². The summed E-state index contributed by atoms with van der Waals surface area (Å²) in [6.45, 7) is 5.55. The molecule has 0 aromatic carbocycles. The molecule has 1 unspecified atom stereocenters. The molecule has 1 atom stereocenters. The van der Waals surface area contributed by atoms with E-state index in [0.717, 1.165) is 21.8 Å².